The van der Waals surface area contributed by atoms with E-state index in [9.17, 15) is 4.79 Å². The molecule has 1 amide bonds. The number of carbonyl (C=O) groups is 1. The van der Waals surface area contributed by atoms with Gasteiger partial charge in [0.15, 0.2) is 0 Å². The summed E-state index contributed by atoms with van der Waals surface area (Å²) >= 11 is 0. The van der Waals surface area contributed by atoms with Crippen molar-refractivity contribution in [3.63, 3.8) is 0 Å². The Kier molecular flexibility index (Phi) is 5.39. The predicted molar refractivity (Wildman–Crippen MR) is 104 cm³/mol. The Morgan fingerprint density at radius 3 is 2.88 bits per heavy atom. The number of nitrogens with one attached hydrogen (secondary N) is 1. The predicted octanol–water partition coefficient (Wildman–Crippen LogP) is 3.72. The smallest absolute Gasteiger partial charge is 0.226 e. The lowest BCUT2D eigenvalue weighted by molar-refractivity contribution is -0.116. The molecule has 2 N–H and O–H groups in total. The molecule has 0 unspecified atom stereocenters. The van der Waals surface area contributed by atoms with Gasteiger partial charge in [0.25, 0.3) is 0 Å². The van der Waals surface area contributed by atoms with E-state index in [4.69, 9.17) is 9.84 Å². The Balaban J connectivity index is 1.69. The minimum atomic E-state index is -0.210. The number of hydrogen-bond donors (Lipinski definition) is 2. The summed E-state index contributed by atoms with van der Waals surface area (Å²) in [5.41, 5.74) is 3.83. The Morgan fingerprint density at radius 1 is 1.27 bits per heavy atom. The summed E-state index contributed by atoms with van der Waals surface area (Å²) in [5.74, 6) is 0.576. The number of rotatable bonds is 7. The molecule has 0 saturated heterocycles. The molecular weight excluding hydrogens is 328 g/mol. The van der Waals surface area contributed by atoms with Gasteiger partial charge in [-0.1, -0.05) is 18.7 Å². The number of aromatic nitrogens is 1. The van der Waals surface area contributed by atoms with E-state index in [1.165, 1.54) is 0 Å². The van der Waals surface area contributed by atoms with E-state index in [2.05, 4.69) is 22.5 Å². The zero-order valence-electron chi connectivity index (χ0n) is 14.7. The number of aliphatic hydroxyl groups is 1. The second-order valence-electron chi connectivity index (χ2n) is 6.06. The topological polar surface area (TPSA) is 63.5 Å². The standard InChI is InChI=1S/C21H22N2O3/c1-3-18-12-16-13-19(7-8-20(16)23(18)2)26-14-15-5-4-6-17(11-15)22-21(25)9-10-24/h3-8,11-13,24H,1,9-10,14H2,2H3,(H,22,25). The van der Waals surface area contributed by atoms with E-state index in [-0.39, 0.29) is 18.9 Å². The molecular formula is C21H22N2O3. The van der Waals surface area contributed by atoms with Crippen LogP contribution in [0.5, 0.6) is 5.75 Å². The van der Waals surface area contributed by atoms with E-state index in [0.717, 1.165) is 27.9 Å². The first-order valence-electron chi connectivity index (χ1n) is 8.45. The molecule has 5 heteroatoms. The molecule has 1 aromatic heterocycles. The summed E-state index contributed by atoms with van der Waals surface area (Å²) in [6, 6.07) is 15.5. The van der Waals surface area contributed by atoms with Gasteiger partial charge in [0.2, 0.25) is 5.91 Å². The molecule has 0 aliphatic rings. The normalized spacial score (nSPS) is 10.7. The third-order valence-electron chi connectivity index (χ3n) is 4.22. The second kappa shape index (κ2) is 7.89. The minimum Gasteiger partial charge on any atom is -0.489 e. The van der Waals surface area contributed by atoms with Crippen molar-refractivity contribution in [3.05, 3.63) is 66.4 Å². The zero-order valence-corrected chi connectivity index (χ0v) is 14.7. The van der Waals surface area contributed by atoms with E-state index < -0.39 is 0 Å². The van der Waals surface area contributed by atoms with Gasteiger partial charge in [-0.2, -0.15) is 0 Å². The fourth-order valence-corrected chi connectivity index (χ4v) is 2.87. The number of fused-ring (bicyclic) bond motifs is 1. The van der Waals surface area contributed by atoms with Crippen LogP contribution in [0, 0.1) is 0 Å². The molecule has 0 aliphatic carbocycles. The first kappa shape index (κ1) is 17.8. The first-order chi connectivity index (χ1) is 12.6. The molecule has 3 aromatic rings. The number of amides is 1. The van der Waals surface area contributed by atoms with Gasteiger partial charge in [-0.25, -0.2) is 0 Å². The average molecular weight is 350 g/mol. The Hall–Kier alpha value is -3.05. The maximum Gasteiger partial charge on any atom is 0.226 e. The van der Waals surface area contributed by atoms with Crippen LogP contribution in [0.3, 0.4) is 0 Å². The molecule has 0 bridgehead atoms. The average Bonchev–Trinajstić information content (AvgIpc) is 2.96. The maximum absolute atomic E-state index is 11.6. The Labute approximate surface area is 152 Å². The van der Waals surface area contributed by atoms with Crippen molar-refractivity contribution < 1.29 is 14.6 Å². The molecule has 1 heterocycles. The van der Waals surface area contributed by atoms with Crippen molar-refractivity contribution >= 4 is 28.6 Å². The van der Waals surface area contributed by atoms with Crippen molar-refractivity contribution in [2.24, 2.45) is 7.05 Å². The molecule has 0 saturated carbocycles. The van der Waals surface area contributed by atoms with Crippen molar-refractivity contribution in [2.75, 3.05) is 11.9 Å². The van der Waals surface area contributed by atoms with Crippen molar-refractivity contribution in [2.45, 2.75) is 13.0 Å². The summed E-state index contributed by atoms with van der Waals surface area (Å²) in [4.78, 5) is 11.6. The molecule has 0 aliphatic heterocycles. The van der Waals surface area contributed by atoms with E-state index in [1.54, 1.807) is 0 Å². The lowest BCUT2D eigenvalue weighted by Crippen LogP contribution is -2.13. The van der Waals surface area contributed by atoms with Crippen LogP contribution in [0.2, 0.25) is 0 Å². The number of anilines is 1. The largest absolute Gasteiger partial charge is 0.489 e. The number of benzene rings is 2. The van der Waals surface area contributed by atoms with Crippen LogP contribution in [0.25, 0.3) is 17.0 Å². The lowest BCUT2D eigenvalue weighted by Gasteiger charge is -2.09. The summed E-state index contributed by atoms with van der Waals surface area (Å²) in [6.45, 7) is 4.07. The van der Waals surface area contributed by atoms with Crippen LogP contribution in [-0.4, -0.2) is 22.2 Å². The van der Waals surface area contributed by atoms with Gasteiger partial charge >= 0.3 is 0 Å². The molecule has 0 fully saturated rings. The van der Waals surface area contributed by atoms with Crippen molar-refractivity contribution in [1.29, 1.82) is 0 Å². The van der Waals surface area contributed by atoms with Crippen LogP contribution in [-0.2, 0) is 18.4 Å². The molecule has 0 radical (unpaired) electrons. The molecule has 5 nitrogen and oxygen atoms in total. The molecule has 2 aromatic carbocycles. The van der Waals surface area contributed by atoms with Gasteiger partial charge in [0, 0.05) is 29.3 Å². The highest BCUT2D eigenvalue weighted by atomic mass is 16.5. The monoisotopic (exact) mass is 350 g/mol. The zero-order chi connectivity index (χ0) is 18.5. The SMILES string of the molecule is C=Cc1cc2cc(OCc3cccc(NC(=O)CCO)c3)ccc2n1C. The minimum absolute atomic E-state index is 0.0878. The molecule has 3 rings (SSSR count). The van der Waals surface area contributed by atoms with Gasteiger partial charge in [0.1, 0.15) is 12.4 Å². The lowest BCUT2D eigenvalue weighted by atomic mass is 10.2. The number of nitrogens with zero attached hydrogens (tertiary/aromatic N) is 1. The summed E-state index contributed by atoms with van der Waals surface area (Å²) in [6.07, 6.45) is 1.92. The van der Waals surface area contributed by atoms with Gasteiger partial charge in [-0.15, -0.1) is 0 Å². The van der Waals surface area contributed by atoms with E-state index in [0.29, 0.717) is 12.3 Å². The highest BCUT2D eigenvalue weighted by molar-refractivity contribution is 5.90. The fraction of sp³-hybridized carbons (Fsp3) is 0.190. The molecule has 134 valence electrons. The van der Waals surface area contributed by atoms with Gasteiger partial charge in [-0.05, 0) is 48.0 Å². The second-order valence-corrected chi connectivity index (χ2v) is 6.06. The van der Waals surface area contributed by atoms with Crippen molar-refractivity contribution in [3.8, 4) is 5.75 Å². The van der Waals surface area contributed by atoms with Gasteiger partial charge in [-0.3, -0.25) is 4.79 Å². The highest BCUT2D eigenvalue weighted by Gasteiger charge is 2.06. The third kappa shape index (κ3) is 3.95. The molecule has 26 heavy (non-hydrogen) atoms. The Morgan fingerprint density at radius 2 is 2.12 bits per heavy atom. The van der Waals surface area contributed by atoms with Crippen LogP contribution in [0.1, 0.15) is 17.7 Å². The van der Waals surface area contributed by atoms with Crippen molar-refractivity contribution in [1.82, 2.24) is 4.57 Å². The number of aliphatic hydroxyl groups excluding tert-OH is 1. The van der Waals surface area contributed by atoms with Crippen LogP contribution in [0.4, 0.5) is 5.69 Å². The van der Waals surface area contributed by atoms with Gasteiger partial charge < -0.3 is 19.7 Å². The highest BCUT2D eigenvalue weighted by Crippen LogP contribution is 2.25. The summed E-state index contributed by atoms with van der Waals surface area (Å²) in [5, 5.41) is 12.7. The van der Waals surface area contributed by atoms with Crippen LogP contribution < -0.4 is 10.1 Å². The summed E-state index contributed by atoms with van der Waals surface area (Å²) in [7, 11) is 2.01. The number of carbonyl (C=O) groups excluding carboxylic acids is 1. The molecule has 0 atom stereocenters. The van der Waals surface area contributed by atoms with E-state index in [1.807, 2.05) is 55.6 Å². The van der Waals surface area contributed by atoms with Crippen LogP contribution in [0.15, 0.2) is 55.1 Å². The third-order valence-corrected chi connectivity index (χ3v) is 4.22. The maximum atomic E-state index is 11.6. The number of aryl methyl sites for hydroxylation is 1. The molecule has 0 spiro atoms. The number of hydrogen-bond acceptors (Lipinski definition) is 3. The summed E-state index contributed by atoms with van der Waals surface area (Å²) < 4.78 is 7.99. The number of ether oxygens (including phenoxy) is 1. The quantitative estimate of drug-likeness (QED) is 0.683. The van der Waals surface area contributed by atoms with Crippen LogP contribution >= 0.6 is 0 Å². The van der Waals surface area contributed by atoms with E-state index >= 15 is 0 Å². The Bertz CT molecular complexity index is 944. The fourth-order valence-electron chi connectivity index (χ4n) is 2.87. The van der Waals surface area contributed by atoms with Gasteiger partial charge in [0.05, 0.1) is 13.0 Å². The first-order valence-corrected chi connectivity index (χ1v) is 8.45.